The lowest BCUT2D eigenvalue weighted by atomic mass is 9.97. The van der Waals surface area contributed by atoms with Crippen molar-refractivity contribution in [3.8, 4) is 67.8 Å². The van der Waals surface area contributed by atoms with Crippen molar-refractivity contribution in [2.75, 3.05) is 0 Å². The van der Waals surface area contributed by atoms with Crippen LogP contribution in [0.1, 0.15) is 0 Å². The summed E-state index contributed by atoms with van der Waals surface area (Å²) in [5, 5.41) is 0.112. The predicted octanol–water partition coefficient (Wildman–Crippen LogP) is 9.32. The standard InChI is InChI=1S/C37H24ClN5/c38-37-42-35(27-16-8-3-9-17-27)41-36(43-37)32-21-11-20-31(39-32)34-24-30(23-33(40-34)26-14-6-2-7-15-26)29-19-10-18-28(22-29)25-12-4-1-5-13-25/h1-24H. The molecule has 0 bridgehead atoms. The van der Waals surface area contributed by atoms with E-state index in [1.165, 1.54) is 5.56 Å². The number of benzene rings is 4. The normalized spacial score (nSPS) is 10.9. The Hall–Kier alpha value is -5.52. The molecular weight excluding hydrogens is 550 g/mol. The zero-order chi connectivity index (χ0) is 29.0. The third-order valence-electron chi connectivity index (χ3n) is 7.08. The van der Waals surface area contributed by atoms with Crippen molar-refractivity contribution in [3.05, 3.63) is 151 Å². The number of nitrogens with zero attached hydrogens (tertiary/aromatic N) is 5. The van der Waals surface area contributed by atoms with E-state index in [4.69, 9.17) is 21.6 Å². The van der Waals surface area contributed by atoms with Crippen LogP contribution >= 0.6 is 11.6 Å². The topological polar surface area (TPSA) is 64.5 Å². The molecule has 0 spiro atoms. The Morgan fingerprint density at radius 2 is 0.814 bits per heavy atom. The van der Waals surface area contributed by atoms with E-state index in [1.807, 2.05) is 72.8 Å². The van der Waals surface area contributed by atoms with Gasteiger partial charge in [0.15, 0.2) is 11.6 Å². The van der Waals surface area contributed by atoms with E-state index in [-0.39, 0.29) is 5.28 Å². The summed E-state index contributed by atoms with van der Waals surface area (Å²) >= 11 is 6.34. The largest absolute Gasteiger partial charge is 0.246 e. The minimum absolute atomic E-state index is 0.112. The molecule has 0 saturated carbocycles. The zero-order valence-electron chi connectivity index (χ0n) is 23.0. The number of pyridine rings is 2. The third-order valence-corrected chi connectivity index (χ3v) is 7.25. The summed E-state index contributed by atoms with van der Waals surface area (Å²) in [6.45, 7) is 0. The minimum Gasteiger partial charge on any atom is -0.246 e. The Labute approximate surface area is 254 Å². The van der Waals surface area contributed by atoms with E-state index < -0.39 is 0 Å². The van der Waals surface area contributed by atoms with E-state index in [1.54, 1.807) is 0 Å². The van der Waals surface area contributed by atoms with E-state index in [0.29, 0.717) is 23.0 Å². The molecule has 43 heavy (non-hydrogen) atoms. The van der Waals surface area contributed by atoms with Crippen molar-refractivity contribution >= 4 is 11.6 Å². The van der Waals surface area contributed by atoms with Crippen molar-refractivity contribution in [1.82, 2.24) is 24.9 Å². The quantitative estimate of drug-likeness (QED) is 0.198. The van der Waals surface area contributed by atoms with Gasteiger partial charge in [-0.05, 0) is 64.2 Å². The van der Waals surface area contributed by atoms with Gasteiger partial charge in [0.05, 0.1) is 17.1 Å². The second-order valence-corrected chi connectivity index (χ2v) is 10.3. The van der Waals surface area contributed by atoms with Crippen LogP contribution in [0.2, 0.25) is 5.28 Å². The van der Waals surface area contributed by atoms with Crippen LogP contribution < -0.4 is 0 Å². The van der Waals surface area contributed by atoms with Crippen LogP contribution in [-0.2, 0) is 0 Å². The molecule has 0 amide bonds. The fraction of sp³-hybridized carbons (Fsp3) is 0. The summed E-state index contributed by atoms with van der Waals surface area (Å²) in [6, 6.07) is 48.8. The molecule has 204 valence electrons. The molecule has 7 rings (SSSR count). The Bertz CT molecular complexity index is 2030. The summed E-state index contributed by atoms with van der Waals surface area (Å²) in [4.78, 5) is 23.4. The predicted molar refractivity (Wildman–Crippen MR) is 173 cm³/mol. The molecule has 5 nitrogen and oxygen atoms in total. The van der Waals surface area contributed by atoms with Gasteiger partial charge in [-0.1, -0.05) is 115 Å². The molecular formula is C37H24ClN5. The lowest BCUT2D eigenvalue weighted by Crippen LogP contribution is -2.00. The van der Waals surface area contributed by atoms with Crippen LogP contribution in [0.4, 0.5) is 0 Å². The average molecular weight is 574 g/mol. The highest BCUT2D eigenvalue weighted by atomic mass is 35.5. The maximum Gasteiger partial charge on any atom is 0.226 e. The van der Waals surface area contributed by atoms with Gasteiger partial charge in [-0.2, -0.15) is 9.97 Å². The summed E-state index contributed by atoms with van der Waals surface area (Å²) in [6.07, 6.45) is 0. The smallest absolute Gasteiger partial charge is 0.226 e. The first-order valence-electron chi connectivity index (χ1n) is 13.9. The van der Waals surface area contributed by atoms with Crippen molar-refractivity contribution in [2.45, 2.75) is 0 Å². The molecule has 3 aromatic heterocycles. The van der Waals surface area contributed by atoms with Crippen LogP contribution in [0.3, 0.4) is 0 Å². The van der Waals surface area contributed by atoms with Gasteiger partial charge in [-0.25, -0.2) is 15.0 Å². The Kier molecular flexibility index (Phi) is 7.22. The van der Waals surface area contributed by atoms with Gasteiger partial charge in [0, 0.05) is 11.1 Å². The minimum atomic E-state index is 0.112. The molecule has 0 unspecified atom stereocenters. The Morgan fingerprint density at radius 3 is 1.53 bits per heavy atom. The molecule has 4 aromatic carbocycles. The first-order valence-corrected chi connectivity index (χ1v) is 14.3. The highest BCUT2D eigenvalue weighted by Crippen LogP contribution is 2.32. The lowest BCUT2D eigenvalue weighted by molar-refractivity contribution is 1.05. The van der Waals surface area contributed by atoms with Crippen LogP contribution in [0, 0.1) is 0 Å². The van der Waals surface area contributed by atoms with Gasteiger partial charge in [0.2, 0.25) is 5.28 Å². The van der Waals surface area contributed by atoms with Gasteiger partial charge in [-0.3, -0.25) is 0 Å². The highest BCUT2D eigenvalue weighted by Gasteiger charge is 2.14. The monoisotopic (exact) mass is 573 g/mol. The van der Waals surface area contributed by atoms with Gasteiger partial charge in [-0.15, -0.1) is 0 Å². The van der Waals surface area contributed by atoms with E-state index >= 15 is 0 Å². The van der Waals surface area contributed by atoms with Crippen molar-refractivity contribution < 1.29 is 0 Å². The van der Waals surface area contributed by atoms with Crippen LogP contribution in [-0.4, -0.2) is 24.9 Å². The summed E-state index contributed by atoms with van der Waals surface area (Å²) in [5.41, 5.74) is 9.22. The third kappa shape index (κ3) is 5.80. The van der Waals surface area contributed by atoms with Crippen LogP contribution in [0.25, 0.3) is 67.8 Å². The van der Waals surface area contributed by atoms with Crippen LogP contribution in [0.15, 0.2) is 146 Å². The molecule has 7 aromatic rings. The van der Waals surface area contributed by atoms with Crippen molar-refractivity contribution in [3.63, 3.8) is 0 Å². The summed E-state index contributed by atoms with van der Waals surface area (Å²) in [7, 11) is 0. The van der Waals surface area contributed by atoms with Crippen LogP contribution in [0.5, 0.6) is 0 Å². The second kappa shape index (κ2) is 11.8. The lowest BCUT2D eigenvalue weighted by Gasteiger charge is -2.12. The maximum atomic E-state index is 6.34. The van der Waals surface area contributed by atoms with Gasteiger partial charge < -0.3 is 0 Å². The Morgan fingerprint density at radius 1 is 0.302 bits per heavy atom. The molecule has 0 fully saturated rings. The number of rotatable bonds is 6. The molecule has 0 saturated heterocycles. The van der Waals surface area contributed by atoms with Gasteiger partial charge >= 0.3 is 0 Å². The first-order chi connectivity index (χ1) is 21.2. The van der Waals surface area contributed by atoms with Crippen molar-refractivity contribution in [2.24, 2.45) is 0 Å². The van der Waals surface area contributed by atoms with E-state index in [2.05, 4.69) is 87.7 Å². The second-order valence-electron chi connectivity index (χ2n) is 9.96. The Balaban J connectivity index is 1.34. The number of hydrogen-bond acceptors (Lipinski definition) is 5. The number of hydrogen-bond donors (Lipinski definition) is 0. The fourth-order valence-electron chi connectivity index (χ4n) is 4.98. The highest BCUT2D eigenvalue weighted by molar-refractivity contribution is 6.28. The SMILES string of the molecule is Clc1nc(-c2ccccc2)nc(-c2cccc(-c3cc(-c4cccc(-c5ccccc5)c4)cc(-c4ccccc4)n3)n2)n1. The molecule has 6 heteroatoms. The maximum absolute atomic E-state index is 6.34. The zero-order valence-corrected chi connectivity index (χ0v) is 23.7. The summed E-state index contributed by atoms with van der Waals surface area (Å²) in [5.74, 6) is 0.892. The van der Waals surface area contributed by atoms with Gasteiger partial charge in [0.25, 0.3) is 0 Å². The molecule has 0 radical (unpaired) electrons. The molecule has 0 atom stereocenters. The number of halogens is 1. The molecule has 0 aliphatic carbocycles. The van der Waals surface area contributed by atoms with E-state index in [9.17, 15) is 0 Å². The van der Waals surface area contributed by atoms with E-state index in [0.717, 1.165) is 39.2 Å². The molecule has 0 aliphatic heterocycles. The average Bonchev–Trinajstić information content (AvgIpc) is 3.09. The van der Waals surface area contributed by atoms with Crippen molar-refractivity contribution in [1.29, 1.82) is 0 Å². The van der Waals surface area contributed by atoms with Gasteiger partial charge in [0.1, 0.15) is 5.69 Å². The fourth-order valence-corrected chi connectivity index (χ4v) is 5.14. The number of aromatic nitrogens is 5. The molecule has 3 heterocycles. The first kappa shape index (κ1) is 26.4. The summed E-state index contributed by atoms with van der Waals surface area (Å²) < 4.78 is 0. The molecule has 0 N–H and O–H groups in total. The molecule has 0 aliphatic rings.